The average Bonchev–Trinajstić information content (AvgIpc) is 3.59. The molecule has 2 saturated carbocycles. The zero-order chi connectivity index (χ0) is 22.5. The minimum Gasteiger partial charge on any atom is -0.292 e. The molecule has 3 fully saturated rings. The molecule has 4 heteroatoms. The normalized spacial score (nSPS) is 30.1. The topological polar surface area (TPSA) is 40.6 Å². The molecule has 4 aliphatic rings. The van der Waals surface area contributed by atoms with Crippen LogP contribution < -0.4 is 0 Å². The van der Waals surface area contributed by atoms with Crippen LogP contribution in [0.5, 0.6) is 0 Å². The summed E-state index contributed by atoms with van der Waals surface area (Å²) in [5.74, 6) is 3.00. The van der Waals surface area contributed by atoms with E-state index in [0.29, 0.717) is 28.2 Å². The molecule has 0 spiro atoms. The van der Waals surface area contributed by atoms with E-state index in [1.54, 1.807) is 12.1 Å². The number of benzene rings is 2. The molecule has 4 atom stereocenters. The summed E-state index contributed by atoms with van der Waals surface area (Å²) in [4.78, 5) is 31.2. The fourth-order valence-electron chi connectivity index (χ4n) is 7.27. The number of rotatable bonds is 4. The molecular formula is C29H34N2O2. The number of hydrogen-bond acceptors (Lipinski definition) is 4. The number of carbonyl (C=O) groups is 2. The molecule has 0 N–H and O–H groups in total. The summed E-state index contributed by atoms with van der Waals surface area (Å²) in [6, 6.07) is 13.3. The van der Waals surface area contributed by atoms with E-state index in [0.717, 1.165) is 24.4 Å². The van der Waals surface area contributed by atoms with Gasteiger partial charge in [-0.3, -0.25) is 19.4 Å². The first-order valence-electron chi connectivity index (χ1n) is 12.8. The molecule has 0 bridgehead atoms. The maximum Gasteiger partial charge on any atom is 0.194 e. The quantitative estimate of drug-likeness (QED) is 0.572. The van der Waals surface area contributed by atoms with Crippen molar-refractivity contribution >= 4 is 11.6 Å². The van der Waals surface area contributed by atoms with Gasteiger partial charge in [0.1, 0.15) is 0 Å². The average molecular weight is 443 g/mol. The van der Waals surface area contributed by atoms with Gasteiger partial charge >= 0.3 is 0 Å². The lowest BCUT2D eigenvalue weighted by Gasteiger charge is -2.29. The predicted molar refractivity (Wildman–Crippen MR) is 130 cm³/mol. The number of nitrogens with zero attached hydrogens (tertiary/aromatic N) is 2. The van der Waals surface area contributed by atoms with E-state index < -0.39 is 0 Å². The molecule has 2 aromatic rings. The Kier molecular flexibility index (Phi) is 5.46. The van der Waals surface area contributed by atoms with E-state index in [-0.39, 0.29) is 11.6 Å². The second kappa shape index (κ2) is 8.48. The van der Waals surface area contributed by atoms with Crippen molar-refractivity contribution in [2.45, 2.75) is 44.4 Å². The van der Waals surface area contributed by atoms with Crippen molar-refractivity contribution < 1.29 is 9.59 Å². The lowest BCUT2D eigenvalue weighted by atomic mass is 9.80. The minimum absolute atomic E-state index is 0.00281. The number of hydrogen-bond donors (Lipinski definition) is 0. The highest BCUT2D eigenvalue weighted by molar-refractivity contribution is 6.28. The highest BCUT2D eigenvalue weighted by Crippen LogP contribution is 2.49. The molecule has 172 valence electrons. The summed E-state index contributed by atoms with van der Waals surface area (Å²) in [7, 11) is 2.23. The predicted octanol–water partition coefficient (Wildman–Crippen LogP) is 4.97. The summed E-state index contributed by atoms with van der Waals surface area (Å²) >= 11 is 0. The van der Waals surface area contributed by atoms with Crippen molar-refractivity contribution in [3.63, 3.8) is 0 Å². The number of ketones is 2. The SMILES string of the molecule is CN1CCN(C[C@H]2CCCC2C2CC[C@H](c3ccc4c(c3)C(=O)c3ccccc3C4=O)C2)C1. The van der Waals surface area contributed by atoms with Gasteiger partial charge in [0.15, 0.2) is 11.6 Å². The zero-order valence-electron chi connectivity index (χ0n) is 19.6. The van der Waals surface area contributed by atoms with Gasteiger partial charge in [-0.2, -0.15) is 0 Å². The summed E-state index contributed by atoms with van der Waals surface area (Å²) < 4.78 is 0. The summed E-state index contributed by atoms with van der Waals surface area (Å²) in [5, 5.41) is 0. The third kappa shape index (κ3) is 3.77. The van der Waals surface area contributed by atoms with Crippen LogP contribution in [0.3, 0.4) is 0 Å². The lowest BCUT2D eigenvalue weighted by Crippen LogP contribution is -2.32. The van der Waals surface area contributed by atoms with Crippen LogP contribution in [-0.2, 0) is 0 Å². The van der Waals surface area contributed by atoms with Gasteiger partial charge in [0.05, 0.1) is 6.67 Å². The van der Waals surface area contributed by atoms with Gasteiger partial charge in [-0.25, -0.2) is 0 Å². The monoisotopic (exact) mass is 442 g/mol. The first-order valence-corrected chi connectivity index (χ1v) is 12.8. The number of carbonyl (C=O) groups excluding carboxylic acids is 2. The van der Waals surface area contributed by atoms with Crippen LogP contribution in [0.1, 0.15) is 81.8 Å². The molecule has 1 heterocycles. The molecular weight excluding hydrogens is 408 g/mol. The molecule has 2 unspecified atom stereocenters. The summed E-state index contributed by atoms with van der Waals surface area (Å²) in [6.45, 7) is 4.82. The minimum atomic E-state index is -0.0163. The first-order chi connectivity index (χ1) is 16.1. The molecule has 33 heavy (non-hydrogen) atoms. The van der Waals surface area contributed by atoms with E-state index >= 15 is 0 Å². The summed E-state index contributed by atoms with van der Waals surface area (Å²) in [5.41, 5.74) is 3.53. The maximum atomic E-state index is 13.2. The highest BCUT2D eigenvalue weighted by atomic mass is 16.1. The van der Waals surface area contributed by atoms with Gasteiger partial charge < -0.3 is 0 Å². The highest BCUT2D eigenvalue weighted by Gasteiger charge is 2.39. The van der Waals surface area contributed by atoms with Crippen LogP contribution >= 0.6 is 0 Å². The fraction of sp³-hybridized carbons (Fsp3) is 0.517. The Morgan fingerprint density at radius 2 is 1.61 bits per heavy atom. The number of likely N-dealkylation sites (N-methyl/N-ethyl adjacent to an activating group) is 1. The van der Waals surface area contributed by atoms with Crippen LogP contribution in [0.4, 0.5) is 0 Å². The molecule has 0 radical (unpaired) electrons. The smallest absolute Gasteiger partial charge is 0.194 e. The Morgan fingerprint density at radius 1 is 0.848 bits per heavy atom. The van der Waals surface area contributed by atoms with E-state index in [4.69, 9.17) is 0 Å². The molecule has 0 aromatic heterocycles. The van der Waals surface area contributed by atoms with Gasteiger partial charge in [0, 0.05) is 41.9 Å². The van der Waals surface area contributed by atoms with E-state index in [9.17, 15) is 9.59 Å². The second-order valence-electron chi connectivity index (χ2n) is 10.9. The van der Waals surface area contributed by atoms with E-state index in [1.165, 1.54) is 63.7 Å². The Labute approximate surface area is 197 Å². The molecule has 2 aromatic carbocycles. The maximum absolute atomic E-state index is 13.2. The standard InChI is InChI=1S/C29H34N2O2/c1-30-13-14-31(18-30)17-22-5-4-8-23(22)21-10-9-19(15-21)20-11-12-26-27(16-20)29(33)25-7-3-2-6-24(25)28(26)32/h2-3,6-7,11-12,16,19,21-23H,4-5,8-10,13-15,17-18H2,1H3/t19-,21?,22+,23?/m0/s1. The van der Waals surface area contributed by atoms with Gasteiger partial charge in [-0.15, -0.1) is 0 Å². The van der Waals surface area contributed by atoms with Gasteiger partial charge in [-0.05, 0) is 74.5 Å². The Morgan fingerprint density at radius 3 is 2.36 bits per heavy atom. The van der Waals surface area contributed by atoms with Gasteiger partial charge in [-0.1, -0.05) is 42.8 Å². The molecule has 3 aliphatic carbocycles. The van der Waals surface area contributed by atoms with Crippen LogP contribution in [0.25, 0.3) is 0 Å². The van der Waals surface area contributed by atoms with Crippen LogP contribution in [0.15, 0.2) is 42.5 Å². The largest absolute Gasteiger partial charge is 0.292 e. The van der Waals surface area contributed by atoms with Crippen molar-refractivity contribution in [1.82, 2.24) is 9.80 Å². The lowest BCUT2D eigenvalue weighted by molar-refractivity contribution is 0.0979. The molecule has 6 rings (SSSR count). The van der Waals surface area contributed by atoms with Crippen molar-refractivity contribution in [3.8, 4) is 0 Å². The van der Waals surface area contributed by atoms with Crippen molar-refractivity contribution in [2.75, 3.05) is 33.4 Å². The zero-order valence-corrected chi connectivity index (χ0v) is 19.6. The van der Waals surface area contributed by atoms with Crippen LogP contribution in [0, 0.1) is 17.8 Å². The Hall–Kier alpha value is -2.30. The summed E-state index contributed by atoms with van der Waals surface area (Å²) in [6.07, 6.45) is 7.91. The second-order valence-corrected chi connectivity index (χ2v) is 10.9. The fourth-order valence-corrected chi connectivity index (χ4v) is 7.27. The Bertz CT molecular complexity index is 1090. The van der Waals surface area contributed by atoms with E-state index in [2.05, 4.69) is 22.9 Å². The van der Waals surface area contributed by atoms with Crippen molar-refractivity contribution in [3.05, 3.63) is 70.3 Å². The van der Waals surface area contributed by atoms with Crippen molar-refractivity contribution in [2.24, 2.45) is 17.8 Å². The van der Waals surface area contributed by atoms with Gasteiger partial charge in [0.25, 0.3) is 0 Å². The third-order valence-electron chi connectivity index (χ3n) is 8.95. The molecule has 1 aliphatic heterocycles. The molecule has 4 nitrogen and oxygen atoms in total. The molecule has 0 amide bonds. The van der Waals surface area contributed by atoms with Crippen LogP contribution in [0.2, 0.25) is 0 Å². The Balaban J connectivity index is 1.18. The van der Waals surface area contributed by atoms with Gasteiger partial charge in [0.2, 0.25) is 0 Å². The third-order valence-corrected chi connectivity index (χ3v) is 8.95. The molecule has 1 saturated heterocycles. The first kappa shape index (κ1) is 21.2. The van der Waals surface area contributed by atoms with Crippen LogP contribution in [-0.4, -0.2) is 54.7 Å². The van der Waals surface area contributed by atoms with Crippen molar-refractivity contribution in [1.29, 1.82) is 0 Å². The number of fused-ring (bicyclic) bond motifs is 2. The van der Waals surface area contributed by atoms with E-state index in [1.807, 2.05) is 24.3 Å².